The normalized spacial score (nSPS) is 16.3. The van der Waals surface area contributed by atoms with Gasteiger partial charge in [0.05, 0.1) is 5.69 Å². The molecule has 0 bridgehead atoms. The van der Waals surface area contributed by atoms with E-state index in [0.717, 1.165) is 54.0 Å². The summed E-state index contributed by atoms with van der Waals surface area (Å²) in [4.78, 5) is 18.9. The standard InChI is InChI=1S/C17H21BrN4O2/c1-11-15(12(2)24-21-11)10-22-7-5-13(6-8-22)17(23)20-16-4-3-14(18)9-19-16/h3-4,9,13H,5-8,10H2,1-2H3,(H,19,20,23). The minimum absolute atomic E-state index is 0.0383. The first kappa shape index (κ1) is 17.1. The molecule has 0 unspecified atom stereocenters. The molecule has 1 saturated heterocycles. The van der Waals surface area contributed by atoms with Gasteiger partial charge in [0.2, 0.25) is 5.91 Å². The van der Waals surface area contributed by atoms with Crippen molar-refractivity contribution in [2.75, 3.05) is 18.4 Å². The van der Waals surface area contributed by atoms with Gasteiger partial charge < -0.3 is 9.84 Å². The van der Waals surface area contributed by atoms with Crippen molar-refractivity contribution >= 4 is 27.7 Å². The van der Waals surface area contributed by atoms with Gasteiger partial charge in [0.25, 0.3) is 0 Å². The van der Waals surface area contributed by atoms with E-state index in [9.17, 15) is 4.79 Å². The lowest BCUT2D eigenvalue weighted by molar-refractivity contribution is -0.121. The number of rotatable bonds is 4. The second-order valence-electron chi connectivity index (χ2n) is 6.20. The molecule has 3 rings (SSSR count). The summed E-state index contributed by atoms with van der Waals surface area (Å²) < 4.78 is 6.12. The van der Waals surface area contributed by atoms with Crippen molar-refractivity contribution in [3.05, 3.63) is 39.8 Å². The average molecular weight is 393 g/mol. The maximum absolute atomic E-state index is 12.4. The SMILES string of the molecule is Cc1noc(C)c1CN1CCC(C(=O)Nc2ccc(Br)cn2)CC1. The van der Waals surface area contributed by atoms with Gasteiger partial charge in [-0.2, -0.15) is 0 Å². The molecule has 0 aromatic carbocycles. The lowest BCUT2D eigenvalue weighted by atomic mass is 9.95. The summed E-state index contributed by atoms with van der Waals surface area (Å²) in [6.07, 6.45) is 3.39. The van der Waals surface area contributed by atoms with Crippen LogP contribution in [-0.4, -0.2) is 34.0 Å². The average Bonchev–Trinajstić information content (AvgIpc) is 2.89. The van der Waals surface area contributed by atoms with Gasteiger partial charge in [0, 0.05) is 28.7 Å². The van der Waals surface area contributed by atoms with Crippen LogP contribution < -0.4 is 5.32 Å². The van der Waals surface area contributed by atoms with Crippen LogP contribution in [0.2, 0.25) is 0 Å². The molecule has 1 fully saturated rings. The number of carbonyl (C=O) groups excluding carboxylic acids is 1. The van der Waals surface area contributed by atoms with Crippen LogP contribution in [0.3, 0.4) is 0 Å². The van der Waals surface area contributed by atoms with Gasteiger partial charge in [0.1, 0.15) is 11.6 Å². The molecule has 1 aliphatic rings. The summed E-state index contributed by atoms with van der Waals surface area (Å²) in [6, 6.07) is 3.67. The van der Waals surface area contributed by atoms with E-state index in [1.807, 2.05) is 19.9 Å². The fourth-order valence-electron chi connectivity index (χ4n) is 2.98. The van der Waals surface area contributed by atoms with Crippen LogP contribution in [0, 0.1) is 19.8 Å². The smallest absolute Gasteiger partial charge is 0.228 e. The molecule has 7 heteroatoms. The van der Waals surface area contributed by atoms with Crippen LogP contribution >= 0.6 is 15.9 Å². The van der Waals surface area contributed by atoms with Crippen LogP contribution in [0.15, 0.2) is 27.3 Å². The number of pyridine rings is 1. The Balaban J connectivity index is 1.51. The Morgan fingerprint density at radius 1 is 1.38 bits per heavy atom. The molecule has 6 nitrogen and oxygen atoms in total. The zero-order valence-electron chi connectivity index (χ0n) is 13.9. The van der Waals surface area contributed by atoms with E-state index in [2.05, 4.69) is 36.3 Å². The van der Waals surface area contributed by atoms with Crippen LogP contribution in [0.1, 0.15) is 29.9 Å². The van der Waals surface area contributed by atoms with Gasteiger partial charge in [-0.25, -0.2) is 4.98 Å². The fraction of sp³-hybridized carbons (Fsp3) is 0.471. The maximum atomic E-state index is 12.4. The van der Waals surface area contributed by atoms with E-state index in [0.29, 0.717) is 5.82 Å². The molecule has 0 atom stereocenters. The molecule has 0 saturated carbocycles. The van der Waals surface area contributed by atoms with Crippen molar-refractivity contribution in [2.24, 2.45) is 5.92 Å². The van der Waals surface area contributed by atoms with Crippen molar-refractivity contribution < 1.29 is 9.32 Å². The summed E-state index contributed by atoms with van der Waals surface area (Å²) in [5.41, 5.74) is 2.12. The summed E-state index contributed by atoms with van der Waals surface area (Å²) in [6.45, 7) is 6.55. The zero-order valence-corrected chi connectivity index (χ0v) is 15.5. The highest BCUT2D eigenvalue weighted by Crippen LogP contribution is 2.23. The minimum atomic E-state index is 0.0383. The van der Waals surface area contributed by atoms with Crippen molar-refractivity contribution in [1.29, 1.82) is 0 Å². The van der Waals surface area contributed by atoms with E-state index >= 15 is 0 Å². The zero-order chi connectivity index (χ0) is 17.1. The van der Waals surface area contributed by atoms with Gasteiger partial charge in [-0.3, -0.25) is 9.69 Å². The number of likely N-dealkylation sites (tertiary alicyclic amines) is 1. The number of amides is 1. The third-order valence-electron chi connectivity index (χ3n) is 4.50. The Bertz CT molecular complexity index is 686. The molecule has 2 aromatic rings. The van der Waals surface area contributed by atoms with Crippen LogP contribution in [-0.2, 0) is 11.3 Å². The summed E-state index contributed by atoms with van der Waals surface area (Å²) >= 11 is 3.34. The second-order valence-corrected chi connectivity index (χ2v) is 7.12. The summed E-state index contributed by atoms with van der Waals surface area (Å²) in [5, 5.41) is 6.90. The number of aryl methyl sites for hydroxylation is 2. The molecule has 128 valence electrons. The lowest BCUT2D eigenvalue weighted by Crippen LogP contribution is -2.38. The van der Waals surface area contributed by atoms with E-state index in [1.165, 1.54) is 0 Å². The molecule has 0 aliphatic carbocycles. The Kier molecular flexibility index (Phi) is 5.30. The summed E-state index contributed by atoms with van der Waals surface area (Å²) in [5.74, 6) is 1.58. The highest BCUT2D eigenvalue weighted by Gasteiger charge is 2.26. The quantitative estimate of drug-likeness (QED) is 0.863. The molecular weight excluding hydrogens is 372 g/mol. The van der Waals surface area contributed by atoms with E-state index in [1.54, 1.807) is 12.3 Å². The van der Waals surface area contributed by atoms with Crippen molar-refractivity contribution in [3.8, 4) is 0 Å². The number of halogens is 1. The topological polar surface area (TPSA) is 71.3 Å². The van der Waals surface area contributed by atoms with E-state index in [-0.39, 0.29) is 11.8 Å². The number of carbonyl (C=O) groups is 1. The largest absolute Gasteiger partial charge is 0.361 e. The van der Waals surface area contributed by atoms with Crippen molar-refractivity contribution in [3.63, 3.8) is 0 Å². The second kappa shape index (κ2) is 7.44. The Morgan fingerprint density at radius 3 is 2.71 bits per heavy atom. The third kappa shape index (κ3) is 4.02. The number of hydrogen-bond donors (Lipinski definition) is 1. The number of nitrogens with one attached hydrogen (secondary N) is 1. The predicted octanol–water partition coefficient (Wildman–Crippen LogP) is 3.30. The van der Waals surface area contributed by atoms with Crippen molar-refractivity contribution in [1.82, 2.24) is 15.0 Å². The van der Waals surface area contributed by atoms with E-state index in [4.69, 9.17) is 4.52 Å². The minimum Gasteiger partial charge on any atom is -0.361 e. The monoisotopic (exact) mass is 392 g/mol. The molecule has 1 aliphatic heterocycles. The first-order chi connectivity index (χ1) is 11.5. The number of anilines is 1. The Morgan fingerprint density at radius 2 is 2.12 bits per heavy atom. The number of aromatic nitrogens is 2. The lowest BCUT2D eigenvalue weighted by Gasteiger charge is -2.31. The number of piperidine rings is 1. The first-order valence-corrected chi connectivity index (χ1v) is 8.88. The van der Waals surface area contributed by atoms with Crippen LogP contribution in [0.25, 0.3) is 0 Å². The number of nitrogens with zero attached hydrogens (tertiary/aromatic N) is 3. The fourth-order valence-corrected chi connectivity index (χ4v) is 3.22. The highest BCUT2D eigenvalue weighted by atomic mass is 79.9. The molecule has 2 aromatic heterocycles. The van der Waals surface area contributed by atoms with Crippen LogP contribution in [0.4, 0.5) is 5.82 Å². The highest BCUT2D eigenvalue weighted by molar-refractivity contribution is 9.10. The van der Waals surface area contributed by atoms with Gasteiger partial charge in [-0.1, -0.05) is 5.16 Å². The molecule has 0 spiro atoms. The van der Waals surface area contributed by atoms with Gasteiger partial charge in [0.15, 0.2) is 0 Å². The molecule has 0 radical (unpaired) electrons. The van der Waals surface area contributed by atoms with Gasteiger partial charge in [-0.05, 0) is 67.8 Å². The predicted molar refractivity (Wildman–Crippen MR) is 94.5 cm³/mol. The molecule has 24 heavy (non-hydrogen) atoms. The van der Waals surface area contributed by atoms with Gasteiger partial charge >= 0.3 is 0 Å². The molecular formula is C17H21BrN4O2. The Labute approximate surface area is 149 Å². The molecule has 1 amide bonds. The van der Waals surface area contributed by atoms with Crippen LogP contribution in [0.5, 0.6) is 0 Å². The molecule has 3 heterocycles. The van der Waals surface area contributed by atoms with Crippen molar-refractivity contribution in [2.45, 2.75) is 33.2 Å². The summed E-state index contributed by atoms with van der Waals surface area (Å²) in [7, 11) is 0. The first-order valence-electron chi connectivity index (χ1n) is 8.09. The number of hydrogen-bond acceptors (Lipinski definition) is 5. The maximum Gasteiger partial charge on any atom is 0.228 e. The van der Waals surface area contributed by atoms with Gasteiger partial charge in [-0.15, -0.1) is 0 Å². The molecule has 1 N–H and O–H groups in total. The van der Waals surface area contributed by atoms with E-state index < -0.39 is 0 Å². The third-order valence-corrected chi connectivity index (χ3v) is 4.97. The Hall–Kier alpha value is -1.73.